The Labute approximate surface area is 109 Å². The van der Waals surface area contributed by atoms with Gasteiger partial charge in [0.15, 0.2) is 5.16 Å². The smallest absolute Gasteiger partial charge is 0.233 e. The fourth-order valence-electron chi connectivity index (χ4n) is 1.56. The molecule has 1 fully saturated rings. The Morgan fingerprint density at radius 3 is 2.56 bits per heavy atom. The first-order chi connectivity index (χ1) is 8.65. The molecule has 0 radical (unpaired) electrons. The first kappa shape index (κ1) is 12.9. The van der Waals surface area contributed by atoms with Crippen LogP contribution in [0.1, 0.15) is 0 Å². The Kier molecular flexibility index (Phi) is 4.21. The second-order valence-corrected chi connectivity index (χ2v) is 4.72. The number of thioether (sulfide) groups is 1. The van der Waals surface area contributed by atoms with Crippen LogP contribution in [0.4, 0.5) is 11.6 Å². The number of carbonyl (C=O) groups is 1. The standard InChI is InChI=1S/C10H15N5O2S/c11-7-5-8(12)14-10(13-7)18-6-9(16)15-1-3-17-4-2-15/h5H,1-4,6H2,(H4,11,12,13,14). The molecule has 2 heterocycles. The average molecular weight is 269 g/mol. The van der Waals surface area contributed by atoms with E-state index in [1.807, 2.05) is 0 Å². The van der Waals surface area contributed by atoms with E-state index in [1.165, 1.54) is 17.8 Å². The highest BCUT2D eigenvalue weighted by Gasteiger charge is 2.17. The van der Waals surface area contributed by atoms with Crippen LogP contribution in [0.15, 0.2) is 11.2 Å². The minimum Gasteiger partial charge on any atom is -0.383 e. The molecular formula is C10H15N5O2S. The summed E-state index contributed by atoms with van der Waals surface area (Å²) in [4.78, 5) is 21.7. The van der Waals surface area contributed by atoms with Crippen LogP contribution >= 0.6 is 11.8 Å². The van der Waals surface area contributed by atoms with Crippen molar-refractivity contribution < 1.29 is 9.53 Å². The van der Waals surface area contributed by atoms with Crippen molar-refractivity contribution in [2.24, 2.45) is 0 Å². The van der Waals surface area contributed by atoms with Gasteiger partial charge in [0.25, 0.3) is 0 Å². The van der Waals surface area contributed by atoms with Gasteiger partial charge in [0, 0.05) is 19.2 Å². The highest BCUT2D eigenvalue weighted by atomic mass is 32.2. The molecule has 4 N–H and O–H groups in total. The van der Waals surface area contributed by atoms with Gasteiger partial charge in [-0.1, -0.05) is 11.8 Å². The number of amides is 1. The summed E-state index contributed by atoms with van der Waals surface area (Å²) in [5.74, 6) is 0.948. The van der Waals surface area contributed by atoms with Crippen LogP contribution in [0.25, 0.3) is 0 Å². The third-order valence-electron chi connectivity index (χ3n) is 2.43. The Hall–Kier alpha value is -1.54. The lowest BCUT2D eigenvalue weighted by Crippen LogP contribution is -2.41. The van der Waals surface area contributed by atoms with Crippen molar-refractivity contribution in [2.75, 3.05) is 43.5 Å². The van der Waals surface area contributed by atoms with E-state index in [1.54, 1.807) is 4.90 Å². The molecule has 98 valence electrons. The maximum Gasteiger partial charge on any atom is 0.233 e. The second kappa shape index (κ2) is 5.87. The monoisotopic (exact) mass is 269 g/mol. The molecule has 1 aromatic heterocycles. The number of morpholine rings is 1. The van der Waals surface area contributed by atoms with Crippen LogP contribution in [-0.2, 0) is 9.53 Å². The van der Waals surface area contributed by atoms with Crippen molar-refractivity contribution in [3.05, 3.63) is 6.07 Å². The molecule has 1 aliphatic rings. The van der Waals surface area contributed by atoms with Gasteiger partial charge < -0.3 is 21.1 Å². The maximum atomic E-state index is 11.9. The molecule has 0 bridgehead atoms. The molecule has 0 unspecified atom stereocenters. The summed E-state index contributed by atoms with van der Waals surface area (Å²) < 4.78 is 5.19. The molecule has 8 heteroatoms. The van der Waals surface area contributed by atoms with Gasteiger partial charge >= 0.3 is 0 Å². The summed E-state index contributed by atoms with van der Waals surface area (Å²) in [6, 6.07) is 1.48. The zero-order valence-electron chi connectivity index (χ0n) is 9.83. The minimum absolute atomic E-state index is 0.0490. The summed E-state index contributed by atoms with van der Waals surface area (Å²) in [6.45, 7) is 2.47. The number of nitrogens with two attached hydrogens (primary N) is 2. The van der Waals surface area contributed by atoms with Gasteiger partial charge in [-0.2, -0.15) is 0 Å². The predicted octanol–water partition coefficient (Wildman–Crippen LogP) is -0.408. The van der Waals surface area contributed by atoms with Gasteiger partial charge in [-0.25, -0.2) is 9.97 Å². The Balaban J connectivity index is 1.88. The molecule has 2 rings (SSSR count). The molecule has 0 aliphatic carbocycles. The van der Waals surface area contributed by atoms with E-state index >= 15 is 0 Å². The van der Waals surface area contributed by atoms with E-state index in [0.29, 0.717) is 43.1 Å². The number of aromatic nitrogens is 2. The summed E-state index contributed by atoms with van der Waals surface area (Å²) >= 11 is 1.24. The van der Waals surface area contributed by atoms with Gasteiger partial charge in [-0.15, -0.1) is 0 Å². The summed E-state index contributed by atoms with van der Waals surface area (Å²) in [5.41, 5.74) is 11.1. The van der Waals surface area contributed by atoms with Crippen LogP contribution in [0.5, 0.6) is 0 Å². The number of nitrogens with zero attached hydrogens (tertiary/aromatic N) is 3. The second-order valence-electron chi connectivity index (χ2n) is 3.78. The largest absolute Gasteiger partial charge is 0.383 e. The number of anilines is 2. The summed E-state index contributed by atoms with van der Waals surface area (Å²) in [6.07, 6.45) is 0. The zero-order valence-corrected chi connectivity index (χ0v) is 10.7. The Bertz CT molecular complexity index is 416. The molecular weight excluding hydrogens is 254 g/mol. The number of carbonyl (C=O) groups excluding carboxylic acids is 1. The number of hydrogen-bond donors (Lipinski definition) is 2. The molecule has 1 saturated heterocycles. The first-order valence-corrected chi connectivity index (χ1v) is 6.52. The van der Waals surface area contributed by atoms with Crippen LogP contribution in [0, 0.1) is 0 Å². The third-order valence-corrected chi connectivity index (χ3v) is 3.27. The quantitative estimate of drug-likeness (QED) is 0.567. The van der Waals surface area contributed by atoms with E-state index in [4.69, 9.17) is 16.2 Å². The van der Waals surface area contributed by atoms with Crippen molar-refractivity contribution >= 4 is 29.3 Å². The SMILES string of the molecule is Nc1cc(N)nc(SCC(=O)N2CCOCC2)n1. The molecule has 1 amide bonds. The molecule has 18 heavy (non-hydrogen) atoms. The molecule has 0 spiro atoms. The third kappa shape index (κ3) is 3.47. The van der Waals surface area contributed by atoms with Crippen molar-refractivity contribution in [2.45, 2.75) is 5.16 Å². The van der Waals surface area contributed by atoms with Crippen molar-refractivity contribution in [1.82, 2.24) is 14.9 Å². The number of nitrogen functional groups attached to an aromatic ring is 2. The van der Waals surface area contributed by atoms with E-state index < -0.39 is 0 Å². The lowest BCUT2D eigenvalue weighted by Gasteiger charge is -2.26. The van der Waals surface area contributed by atoms with Gasteiger partial charge in [-0.3, -0.25) is 4.79 Å². The maximum absolute atomic E-state index is 11.9. The van der Waals surface area contributed by atoms with Gasteiger partial charge in [0.1, 0.15) is 11.6 Å². The van der Waals surface area contributed by atoms with E-state index in [9.17, 15) is 4.79 Å². The van der Waals surface area contributed by atoms with E-state index in [-0.39, 0.29) is 11.7 Å². The lowest BCUT2D eigenvalue weighted by molar-refractivity contribution is -0.132. The molecule has 7 nitrogen and oxygen atoms in total. The molecule has 0 saturated carbocycles. The predicted molar refractivity (Wildman–Crippen MR) is 69.0 cm³/mol. The fraction of sp³-hybridized carbons (Fsp3) is 0.500. The van der Waals surface area contributed by atoms with Gasteiger partial charge in [0.2, 0.25) is 5.91 Å². The van der Waals surface area contributed by atoms with Gasteiger partial charge in [0.05, 0.1) is 19.0 Å². The number of ether oxygens (including phenoxy) is 1. The highest BCUT2D eigenvalue weighted by molar-refractivity contribution is 7.99. The van der Waals surface area contributed by atoms with E-state index in [0.717, 1.165) is 0 Å². The van der Waals surface area contributed by atoms with Crippen molar-refractivity contribution in [3.63, 3.8) is 0 Å². The van der Waals surface area contributed by atoms with Crippen LogP contribution in [0.3, 0.4) is 0 Å². The minimum atomic E-state index is 0.0490. The molecule has 0 aromatic carbocycles. The fourth-order valence-corrected chi connectivity index (χ4v) is 2.33. The molecule has 1 aromatic rings. The van der Waals surface area contributed by atoms with Gasteiger partial charge in [-0.05, 0) is 0 Å². The van der Waals surface area contributed by atoms with E-state index in [2.05, 4.69) is 9.97 Å². The van der Waals surface area contributed by atoms with Crippen LogP contribution in [-0.4, -0.2) is 52.8 Å². The van der Waals surface area contributed by atoms with Crippen molar-refractivity contribution in [3.8, 4) is 0 Å². The number of hydrogen-bond acceptors (Lipinski definition) is 7. The first-order valence-electron chi connectivity index (χ1n) is 5.53. The number of rotatable bonds is 3. The summed E-state index contributed by atoms with van der Waals surface area (Å²) in [5, 5.41) is 0.425. The normalized spacial score (nSPS) is 15.7. The average Bonchev–Trinajstić information content (AvgIpc) is 2.36. The summed E-state index contributed by atoms with van der Waals surface area (Å²) in [7, 11) is 0. The Morgan fingerprint density at radius 1 is 1.33 bits per heavy atom. The Morgan fingerprint density at radius 2 is 1.94 bits per heavy atom. The highest BCUT2D eigenvalue weighted by Crippen LogP contribution is 2.17. The van der Waals surface area contributed by atoms with Crippen LogP contribution in [0.2, 0.25) is 0 Å². The van der Waals surface area contributed by atoms with Crippen molar-refractivity contribution in [1.29, 1.82) is 0 Å². The molecule has 1 aliphatic heterocycles. The molecule has 0 atom stereocenters. The topological polar surface area (TPSA) is 107 Å². The van der Waals surface area contributed by atoms with Crippen LogP contribution < -0.4 is 11.5 Å². The lowest BCUT2D eigenvalue weighted by atomic mass is 10.4. The zero-order chi connectivity index (χ0) is 13.0.